The standard InChI is InChI=1S/C16H13F3N4O2S/c17-16(18,19)15-22-21-13(25-15)9-3-5-23(6-4-9)14(24)10-1-2-11-12(7-10)26-8-20-11/h1-2,7-9H,3-6H2. The fourth-order valence-electron chi connectivity index (χ4n) is 3.01. The van der Waals surface area contributed by atoms with Gasteiger partial charge >= 0.3 is 12.1 Å². The van der Waals surface area contributed by atoms with E-state index in [9.17, 15) is 18.0 Å². The van der Waals surface area contributed by atoms with Crippen LogP contribution in [0.4, 0.5) is 13.2 Å². The minimum absolute atomic E-state index is 0.0181. The lowest BCUT2D eigenvalue weighted by Crippen LogP contribution is -2.38. The molecule has 10 heteroatoms. The van der Waals surface area contributed by atoms with E-state index in [1.807, 2.05) is 12.1 Å². The van der Waals surface area contributed by atoms with Crippen LogP contribution in [0.5, 0.6) is 0 Å². The third-order valence-corrected chi connectivity index (χ3v) is 5.18. The predicted octanol–water partition coefficient (Wildman–Crippen LogP) is 3.72. The highest BCUT2D eigenvalue weighted by molar-refractivity contribution is 7.16. The van der Waals surface area contributed by atoms with Crippen LogP contribution in [-0.4, -0.2) is 39.1 Å². The molecule has 0 N–H and O–H groups in total. The van der Waals surface area contributed by atoms with Crippen LogP contribution in [0.1, 0.15) is 40.9 Å². The third-order valence-electron chi connectivity index (χ3n) is 4.39. The Balaban J connectivity index is 1.42. The lowest BCUT2D eigenvalue weighted by Gasteiger charge is -2.30. The Morgan fingerprint density at radius 3 is 2.69 bits per heavy atom. The molecule has 4 rings (SSSR count). The summed E-state index contributed by atoms with van der Waals surface area (Å²) in [5.74, 6) is -1.72. The normalized spacial score (nSPS) is 16.3. The van der Waals surface area contributed by atoms with Gasteiger partial charge in [0.05, 0.1) is 15.7 Å². The van der Waals surface area contributed by atoms with Gasteiger partial charge in [0.25, 0.3) is 5.91 Å². The largest absolute Gasteiger partial charge is 0.470 e. The number of likely N-dealkylation sites (tertiary alicyclic amines) is 1. The Morgan fingerprint density at radius 2 is 2.00 bits per heavy atom. The van der Waals surface area contributed by atoms with Crippen LogP contribution in [0.15, 0.2) is 28.1 Å². The molecule has 3 aromatic rings. The van der Waals surface area contributed by atoms with Gasteiger partial charge in [-0.25, -0.2) is 4.98 Å². The number of carbonyl (C=O) groups is 1. The predicted molar refractivity (Wildman–Crippen MR) is 86.8 cm³/mol. The van der Waals surface area contributed by atoms with Gasteiger partial charge in [-0.15, -0.1) is 21.5 Å². The van der Waals surface area contributed by atoms with Crippen molar-refractivity contribution < 1.29 is 22.4 Å². The fourth-order valence-corrected chi connectivity index (χ4v) is 3.73. The number of piperidine rings is 1. The highest BCUT2D eigenvalue weighted by atomic mass is 32.1. The summed E-state index contributed by atoms with van der Waals surface area (Å²) in [4.78, 5) is 18.5. The summed E-state index contributed by atoms with van der Waals surface area (Å²) in [5.41, 5.74) is 3.16. The molecule has 0 spiro atoms. The molecule has 0 unspecified atom stereocenters. The van der Waals surface area contributed by atoms with Crippen molar-refractivity contribution in [1.82, 2.24) is 20.1 Å². The van der Waals surface area contributed by atoms with E-state index >= 15 is 0 Å². The highest BCUT2D eigenvalue weighted by Gasteiger charge is 2.39. The molecule has 0 radical (unpaired) electrons. The van der Waals surface area contributed by atoms with Gasteiger partial charge in [-0.3, -0.25) is 4.79 Å². The molecule has 1 amide bonds. The number of halogens is 3. The molecule has 2 aromatic heterocycles. The Bertz CT molecular complexity index is 944. The maximum Gasteiger partial charge on any atom is 0.470 e. The fraction of sp³-hybridized carbons (Fsp3) is 0.375. The van der Waals surface area contributed by atoms with Crippen molar-refractivity contribution in [2.45, 2.75) is 24.9 Å². The molecule has 1 aliphatic rings. The lowest BCUT2D eigenvalue weighted by molar-refractivity contribution is -0.157. The van der Waals surface area contributed by atoms with E-state index in [1.165, 1.54) is 11.3 Å². The van der Waals surface area contributed by atoms with E-state index in [1.54, 1.807) is 16.5 Å². The second kappa shape index (κ2) is 6.35. The number of hydrogen-bond acceptors (Lipinski definition) is 6. The maximum atomic E-state index is 12.7. The number of hydrogen-bond donors (Lipinski definition) is 0. The molecule has 26 heavy (non-hydrogen) atoms. The number of rotatable bonds is 2. The second-order valence-corrected chi connectivity index (χ2v) is 6.93. The quantitative estimate of drug-likeness (QED) is 0.676. The van der Waals surface area contributed by atoms with Crippen LogP contribution in [-0.2, 0) is 6.18 Å². The Labute approximate surface area is 149 Å². The minimum atomic E-state index is -4.64. The monoisotopic (exact) mass is 382 g/mol. The van der Waals surface area contributed by atoms with Crippen molar-refractivity contribution in [2.75, 3.05) is 13.1 Å². The molecular formula is C16H13F3N4O2S. The summed E-state index contributed by atoms with van der Waals surface area (Å²) >= 11 is 1.47. The van der Waals surface area contributed by atoms with Crippen molar-refractivity contribution >= 4 is 27.5 Å². The number of fused-ring (bicyclic) bond motifs is 1. The van der Waals surface area contributed by atoms with Gasteiger partial charge < -0.3 is 9.32 Å². The van der Waals surface area contributed by atoms with Crippen molar-refractivity contribution in [3.8, 4) is 0 Å². The summed E-state index contributed by atoms with van der Waals surface area (Å²) in [6.45, 7) is 0.849. The van der Waals surface area contributed by atoms with Crippen LogP contribution in [0.25, 0.3) is 10.2 Å². The molecule has 0 saturated carbocycles. The SMILES string of the molecule is O=C(c1ccc2ncsc2c1)N1CCC(c2nnc(C(F)(F)F)o2)CC1. The molecule has 0 bridgehead atoms. The molecule has 136 valence electrons. The Kier molecular flexibility index (Phi) is 4.14. The first kappa shape index (κ1) is 17.0. The van der Waals surface area contributed by atoms with Gasteiger partial charge in [0.1, 0.15) is 0 Å². The molecule has 1 aliphatic heterocycles. The molecule has 1 fully saturated rings. The van der Waals surface area contributed by atoms with Crippen LogP contribution < -0.4 is 0 Å². The number of nitrogens with zero attached hydrogens (tertiary/aromatic N) is 4. The molecule has 3 heterocycles. The number of amides is 1. The first-order valence-electron chi connectivity index (χ1n) is 7.95. The van der Waals surface area contributed by atoms with Crippen LogP contribution >= 0.6 is 11.3 Å². The Hall–Kier alpha value is -2.49. The lowest BCUT2D eigenvalue weighted by atomic mass is 9.96. The molecule has 1 saturated heterocycles. The molecule has 1 aromatic carbocycles. The minimum Gasteiger partial charge on any atom is -0.417 e. The van der Waals surface area contributed by atoms with Crippen LogP contribution in [0, 0.1) is 0 Å². The summed E-state index contributed by atoms with van der Waals surface area (Å²) in [6, 6.07) is 5.36. The zero-order valence-corrected chi connectivity index (χ0v) is 14.2. The third kappa shape index (κ3) is 3.16. The van der Waals surface area contributed by atoms with Crippen molar-refractivity contribution in [3.63, 3.8) is 0 Å². The average molecular weight is 382 g/mol. The zero-order valence-electron chi connectivity index (χ0n) is 13.4. The van der Waals surface area contributed by atoms with E-state index in [0.717, 1.165) is 10.2 Å². The van der Waals surface area contributed by atoms with E-state index in [4.69, 9.17) is 4.42 Å². The smallest absolute Gasteiger partial charge is 0.417 e. The second-order valence-electron chi connectivity index (χ2n) is 6.04. The van der Waals surface area contributed by atoms with Crippen LogP contribution in [0.2, 0.25) is 0 Å². The number of carbonyl (C=O) groups excluding carboxylic acids is 1. The molecule has 6 nitrogen and oxygen atoms in total. The van der Waals surface area contributed by atoms with Crippen molar-refractivity contribution in [3.05, 3.63) is 41.1 Å². The van der Waals surface area contributed by atoms with Gasteiger partial charge in [-0.2, -0.15) is 13.2 Å². The number of benzene rings is 1. The number of alkyl halides is 3. The van der Waals surface area contributed by atoms with Gasteiger partial charge in [0, 0.05) is 24.6 Å². The van der Waals surface area contributed by atoms with Crippen molar-refractivity contribution in [1.29, 1.82) is 0 Å². The Morgan fingerprint density at radius 1 is 1.23 bits per heavy atom. The van der Waals surface area contributed by atoms with Gasteiger partial charge in [0.15, 0.2) is 0 Å². The van der Waals surface area contributed by atoms with E-state index in [2.05, 4.69) is 15.2 Å². The topological polar surface area (TPSA) is 72.1 Å². The summed E-state index contributed by atoms with van der Waals surface area (Å²) in [5, 5.41) is 6.58. The van der Waals surface area contributed by atoms with E-state index in [-0.39, 0.29) is 17.7 Å². The zero-order chi connectivity index (χ0) is 18.3. The number of thiazole rings is 1. The molecule has 0 aliphatic carbocycles. The van der Waals surface area contributed by atoms with Crippen molar-refractivity contribution in [2.24, 2.45) is 0 Å². The maximum absolute atomic E-state index is 12.7. The number of aromatic nitrogens is 3. The first-order valence-corrected chi connectivity index (χ1v) is 8.83. The first-order chi connectivity index (χ1) is 12.4. The van der Waals surface area contributed by atoms with Gasteiger partial charge in [0.2, 0.25) is 5.89 Å². The summed E-state index contributed by atoms with van der Waals surface area (Å²) in [7, 11) is 0. The molecule has 0 atom stereocenters. The van der Waals surface area contributed by atoms with E-state index in [0.29, 0.717) is 31.5 Å². The molecular weight excluding hydrogens is 369 g/mol. The van der Waals surface area contributed by atoms with E-state index < -0.39 is 12.1 Å². The highest BCUT2D eigenvalue weighted by Crippen LogP contribution is 2.33. The summed E-state index contributed by atoms with van der Waals surface area (Å²) in [6.07, 6.45) is -3.68. The van der Waals surface area contributed by atoms with Gasteiger partial charge in [-0.05, 0) is 31.0 Å². The average Bonchev–Trinajstić information content (AvgIpc) is 3.29. The van der Waals surface area contributed by atoms with Crippen LogP contribution in [0.3, 0.4) is 0 Å². The van der Waals surface area contributed by atoms with Gasteiger partial charge in [-0.1, -0.05) is 0 Å². The summed E-state index contributed by atoms with van der Waals surface area (Å²) < 4.78 is 43.4.